The van der Waals surface area contributed by atoms with E-state index in [1.54, 1.807) is 4.90 Å². The summed E-state index contributed by atoms with van der Waals surface area (Å²) in [6.07, 6.45) is 1.94. The van der Waals surface area contributed by atoms with Gasteiger partial charge in [-0.2, -0.15) is 0 Å². The minimum absolute atomic E-state index is 0.0864. The summed E-state index contributed by atoms with van der Waals surface area (Å²) >= 11 is 1.43. The van der Waals surface area contributed by atoms with E-state index in [1.807, 2.05) is 90.3 Å². The van der Waals surface area contributed by atoms with E-state index in [2.05, 4.69) is 4.98 Å². The molecule has 0 radical (unpaired) electrons. The third-order valence-electron chi connectivity index (χ3n) is 5.61. The highest BCUT2D eigenvalue weighted by atomic mass is 32.1. The Morgan fingerprint density at radius 3 is 2.41 bits per heavy atom. The summed E-state index contributed by atoms with van der Waals surface area (Å²) in [4.78, 5) is 36.8. The molecule has 7 heteroatoms. The van der Waals surface area contributed by atoms with Crippen molar-refractivity contribution in [3.05, 3.63) is 112 Å². The molecule has 0 unspecified atom stereocenters. The molecular formula is C27H22N4O2S. The molecule has 0 spiro atoms. The molecular weight excluding hydrogens is 444 g/mol. The number of benzene rings is 3. The summed E-state index contributed by atoms with van der Waals surface area (Å²) in [5.41, 5.74) is 3.95. The highest BCUT2D eigenvalue weighted by Gasteiger charge is 2.21. The summed E-state index contributed by atoms with van der Waals surface area (Å²) in [6.45, 7) is 0.374. The standard InChI is InChI=1S/C27H22N4O2S/c32-25-17-28-22-13-7-8-14-24(22)31(25)18-26(33)30(16-15-20-9-3-1-4-10-20)27-29-23(19-34-27)21-11-5-2-6-12-21/h1-14,17,19H,15-16,18H2. The van der Waals surface area contributed by atoms with E-state index in [0.29, 0.717) is 29.1 Å². The van der Waals surface area contributed by atoms with E-state index in [4.69, 9.17) is 4.98 Å². The van der Waals surface area contributed by atoms with Crippen LogP contribution in [0.3, 0.4) is 0 Å². The number of aromatic nitrogens is 3. The van der Waals surface area contributed by atoms with Crippen LogP contribution in [0.4, 0.5) is 5.13 Å². The van der Waals surface area contributed by atoms with Crippen molar-refractivity contribution in [3.8, 4) is 11.3 Å². The Bertz CT molecular complexity index is 1480. The highest BCUT2D eigenvalue weighted by molar-refractivity contribution is 7.14. The van der Waals surface area contributed by atoms with Crippen LogP contribution >= 0.6 is 11.3 Å². The number of rotatable bonds is 7. The SMILES string of the molecule is O=C(Cn1c(=O)cnc2ccccc21)N(CCc1ccccc1)c1nc(-c2ccccc2)cs1. The number of hydrogen-bond donors (Lipinski definition) is 0. The monoisotopic (exact) mass is 466 g/mol. The first-order chi connectivity index (χ1) is 16.7. The fourth-order valence-corrected chi connectivity index (χ4v) is 4.72. The lowest BCUT2D eigenvalue weighted by molar-refractivity contribution is -0.119. The highest BCUT2D eigenvalue weighted by Crippen LogP contribution is 2.28. The molecule has 0 saturated carbocycles. The van der Waals surface area contributed by atoms with Gasteiger partial charge in [0.05, 0.1) is 22.9 Å². The van der Waals surface area contributed by atoms with Crippen molar-refractivity contribution in [2.75, 3.05) is 11.4 Å². The molecule has 2 heterocycles. The molecule has 0 aliphatic heterocycles. The number of anilines is 1. The number of amides is 1. The molecule has 34 heavy (non-hydrogen) atoms. The number of carbonyl (C=O) groups excluding carboxylic acids is 1. The zero-order valence-corrected chi connectivity index (χ0v) is 19.2. The van der Waals surface area contributed by atoms with Gasteiger partial charge in [0.15, 0.2) is 5.13 Å². The van der Waals surface area contributed by atoms with Gasteiger partial charge in [-0.1, -0.05) is 72.8 Å². The van der Waals surface area contributed by atoms with E-state index >= 15 is 0 Å². The number of para-hydroxylation sites is 2. The lowest BCUT2D eigenvalue weighted by Gasteiger charge is -2.21. The van der Waals surface area contributed by atoms with Crippen LogP contribution in [0.25, 0.3) is 22.3 Å². The zero-order valence-electron chi connectivity index (χ0n) is 18.4. The Morgan fingerprint density at radius 1 is 0.912 bits per heavy atom. The molecule has 0 fully saturated rings. The molecule has 168 valence electrons. The first-order valence-corrected chi connectivity index (χ1v) is 11.9. The van der Waals surface area contributed by atoms with Crippen LogP contribution in [0.15, 0.2) is 101 Å². The summed E-state index contributed by atoms with van der Waals surface area (Å²) in [6, 6.07) is 27.3. The Morgan fingerprint density at radius 2 is 1.62 bits per heavy atom. The van der Waals surface area contributed by atoms with Crippen molar-refractivity contribution < 1.29 is 4.79 Å². The normalized spacial score (nSPS) is 10.9. The first-order valence-electron chi connectivity index (χ1n) is 11.0. The Labute approximate surface area is 200 Å². The van der Waals surface area contributed by atoms with Crippen molar-refractivity contribution >= 4 is 33.4 Å². The van der Waals surface area contributed by atoms with E-state index in [-0.39, 0.29) is 18.0 Å². The zero-order chi connectivity index (χ0) is 23.3. The molecule has 0 saturated heterocycles. The van der Waals surface area contributed by atoms with Gasteiger partial charge in [-0.3, -0.25) is 19.1 Å². The molecule has 3 aromatic carbocycles. The van der Waals surface area contributed by atoms with Crippen LogP contribution in [0.2, 0.25) is 0 Å². The number of carbonyl (C=O) groups is 1. The van der Waals surface area contributed by atoms with Crippen molar-refractivity contribution in [2.24, 2.45) is 0 Å². The lowest BCUT2D eigenvalue weighted by atomic mass is 10.1. The second-order valence-corrected chi connectivity index (χ2v) is 8.67. The maximum Gasteiger partial charge on any atom is 0.269 e. The van der Waals surface area contributed by atoms with Crippen molar-refractivity contribution in [1.82, 2.24) is 14.5 Å². The molecule has 0 atom stereocenters. The number of thiazole rings is 1. The summed E-state index contributed by atoms with van der Waals surface area (Å²) in [5, 5.41) is 2.58. The number of hydrogen-bond acceptors (Lipinski definition) is 5. The van der Waals surface area contributed by atoms with Gasteiger partial charge >= 0.3 is 0 Å². The van der Waals surface area contributed by atoms with E-state index < -0.39 is 0 Å². The Kier molecular flexibility index (Phi) is 6.27. The van der Waals surface area contributed by atoms with Crippen molar-refractivity contribution in [2.45, 2.75) is 13.0 Å². The molecule has 5 aromatic rings. The average molecular weight is 467 g/mol. The predicted octanol–water partition coefficient (Wildman–Crippen LogP) is 4.80. The second kappa shape index (κ2) is 9.80. The van der Waals surface area contributed by atoms with Crippen LogP contribution in [-0.2, 0) is 17.8 Å². The van der Waals surface area contributed by atoms with Crippen LogP contribution in [0, 0.1) is 0 Å². The van der Waals surface area contributed by atoms with Gasteiger partial charge in [-0.05, 0) is 24.1 Å². The minimum Gasteiger partial charge on any atom is -0.296 e. The molecule has 6 nitrogen and oxygen atoms in total. The first kappa shape index (κ1) is 21.7. The molecule has 5 rings (SSSR count). The third kappa shape index (κ3) is 4.65. The van der Waals surface area contributed by atoms with Crippen LogP contribution < -0.4 is 10.5 Å². The van der Waals surface area contributed by atoms with Gasteiger partial charge in [0.1, 0.15) is 6.54 Å². The molecule has 0 bridgehead atoms. The van der Waals surface area contributed by atoms with Gasteiger partial charge in [-0.25, -0.2) is 9.97 Å². The maximum atomic E-state index is 13.6. The lowest BCUT2D eigenvalue weighted by Crippen LogP contribution is -2.38. The quantitative estimate of drug-likeness (QED) is 0.346. The van der Waals surface area contributed by atoms with Crippen LogP contribution in [0.5, 0.6) is 0 Å². The fraction of sp³-hybridized carbons (Fsp3) is 0.111. The van der Waals surface area contributed by atoms with Gasteiger partial charge in [0.25, 0.3) is 5.56 Å². The number of fused-ring (bicyclic) bond motifs is 1. The molecule has 0 aliphatic carbocycles. The average Bonchev–Trinajstić information content (AvgIpc) is 3.37. The topological polar surface area (TPSA) is 68.1 Å². The van der Waals surface area contributed by atoms with Gasteiger partial charge in [-0.15, -0.1) is 11.3 Å². The van der Waals surface area contributed by atoms with Gasteiger partial charge in [0.2, 0.25) is 5.91 Å². The second-order valence-electron chi connectivity index (χ2n) is 7.83. The third-order valence-corrected chi connectivity index (χ3v) is 6.47. The molecule has 0 N–H and O–H groups in total. The van der Waals surface area contributed by atoms with Crippen LogP contribution in [0.1, 0.15) is 5.56 Å². The summed E-state index contributed by atoms with van der Waals surface area (Å²) in [5.74, 6) is -0.191. The smallest absolute Gasteiger partial charge is 0.269 e. The predicted molar refractivity (Wildman–Crippen MR) is 136 cm³/mol. The Hall–Kier alpha value is -4.10. The number of nitrogens with zero attached hydrogens (tertiary/aromatic N) is 4. The maximum absolute atomic E-state index is 13.6. The minimum atomic E-state index is -0.306. The largest absolute Gasteiger partial charge is 0.296 e. The van der Waals surface area contributed by atoms with E-state index in [0.717, 1.165) is 16.8 Å². The Balaban J connectivity index is 1.47. The molecule has 2 aromatic heterocycles. The van der Waals surface area contributed by atoms with Crippen molar-refractivity contribution in [3.63, 3.8) is 0 Å². The summed E-state index contributed by atoms with van der Waals surface area (Å²) < 4.78 is 1.48. The summed E-state index contributed by atoms with van der Waals surface area (Å²) in [7, 11) is 0. The van der Waals surface area contributed by atoms with Gasteiger partial charge in [0, 0.05) is 17.5 Å². The van der Waals surface area contributed by atoms with Crippen LogP contribution in [-0.4, -0.2) is 27.0 Å². The fourth-order valence-electron chi connectivity index (χ4n) is 3.84. The molecule has 0 aliphatic rings. The molecule has 1 amide bonds. The van der Waals surface area contributed by atoms with E-state index in [9.17, 15) is 9.59 Å². The van der Waals surface area contributed by atoms with Gasteiger partial charge < -0.3 is 0 Å². The van der Waals surface area contributed by atoms with Crippen molar-refractivity contribution in [1.29, 1.82) is 0 Å². The van der Waals surface area contributed by atoms with E-state index in [1.165, 1.54) is 22.1 Å².